The lowest BCUT2D eigenvalue weighted by Crippen LogP contribution is -2.18. The first-order chi connectivity index (χ1) is 14.2. The van der Waals surface area contributed by atoms with Crippen molar-refractivity contribution in [3.8, 4) is 0 Å². The second kappa shape index (κ2) is 8.78. The van der Waals surface area contributed by atoms with Gasteiger partial charge in [0, 0.05) is 36.7 Å². The molecule has 0 bridgehead atoms. The third kappa shape index (κ3) is 4.40. The van der Waals surface area contributed by atoms with Crippen LogP contribution < -0.4 is 15.1 Å². The number of nitrogens with one attached hydrogen (secondary N) is 1. The van der Waals surface area contributed by atoms with Crippen LogP contribution >= 0.6 is 0 Å². The van der Waals surface area contributed by atoms with Crippen molar-refractivity contribution in [2.24, 2.45) is 0 Å². The predicted octanol–water partition coefficient (Wildman–Crippen LogP) is 5.09. The van der Waals surface area contributed by atoms with E-state index in [1.807, 2.05) is 36.4 Å². The van der Waals surface area contributed by atoms with Gasteiger partial charge in [-0.2, -0.15) is 0 Å². The van der Waals surface area contributed by atoms with Gasteiger partial charge >= 0.3 is 0 Å². The number of aromatic nitrogens is 1. The predicted molar refractivity (Wildman–Crippen MR) is 119 cm³/mol. The van der Waals surface area contributed by atoms with Crippen molar-refractivity contribution in [1.82, 2.24) is 4.98 Å². The van der Waals surface area contributed by atoms with Crippen LogP contribution in [0.15, 0.2) is 72.9 Å². The van der Waals surface area contributed by atoms with E-state index in [1.165, 1.54) is 18.5 Å². The van der Waals surface area contributed by atoms with Crippen molar-refractivity contribution in [1.29, 1.82) is 0 Å². The fraction of sp³-hybridized carbons (Fsp3) is 0.250. The van der Waals surface area contributed by atoms with Gasteiger partial charge in [-0.1, -0.05) is 18.2 Å². The maximum absolute atomic E-state index is 12.6. The topological polar surface area (TPSA) is 48.5 Å². The van der Waals surface area contributed by atoms with E-state index in [4.69, 9.17) is 0 Å². The summed E-state index contributed by atoms with van der Waals surface area (Å²) in [5.41, 5.74) is 4.46. The van der Waals surface area contributed by atoms with Gasteiger partial charge in [0.1, 0.15) is 5.69 Å². The second-order valence-corrected chi connectivity index (χ2v) is 7.18. The van der Waals surface area contributed by atoms with E-state index >= 15 is 0 Å². The molecule has 5 heteroatoms. The summed E-state index contributed by atoms with van der Waals surface area (Å²) in [6, 6.07) is 21.9. The zero-order valence-corrected chi connectivity index (χ0v) is 16.7. The molecule has 1 aromatic heterocycles. The molecule has 1 aliphatic rings. The number of carbonyl (C=O) groups excluding carboxylic acids is 1. The van der Waals surface area contributed by atoms with Crippen LogP contribution in [-0.2, 0) is 0 Å². The molecule has 0 unspecified atom stereocenters. The third-order valence-corrected chi connectivity index (χ3v) is 5.27. The fourth-order valence-electron chi connectivity index (χ4n) is 3.73. The normalized spacial score (nSPS) is 13.3. The summed E-state index contributed by atoms with van der Waals surface area (Å²) in [7, 11) is 0. The number of anilines is 4. The molecule has 29 heavy (non-hydrogen) atoms. The van der Waals surface area contributed by atoms with Crippen LogP contribution in [0.3, 0.4) is 0 Å². The lowest BCUT2D eigenvalue weighted by atomic mass is 10.2. The Morgan fingerprint density at radius 2 is 1.69 bits per heavy atom. The van der Waals surface area contributed by atoms with Crippen LogP contribution in [0.4, 0.5) is 22.7 Å². The van der Waals surface area contributed by atoms with E-state index in [1.54, 1.807) is 12.3 Å². The average molecular weight is 386 g/mol. The molecule has 0 radical (unpaired) electrons. The maximum Gasteiger partial charge on any atom is 0.274 e. The van der Waals surface area contributed by atoms with E-state index < -0.39 is 0 Å². The molecule has 3 aromatic rings. The largest absolute Gasteiger partial charge is 0.372 e. The number of para-hydroxylation sites is 1. The zero-order valence-electron chi connectivity index (χ0n) is 16.7. The Hall–Kier alpha value is -3.34. The summed E-state index contributed by atoms with van der Waals surface area (Å²) in [5, 5.41) is 2.94. The molecule has 0 aliphatic carbocycles. The number of hydrogen-bond donors (Lipinski definition) is 1. The minimum absolute atomic E-state index is 0.201. The van der Waals surface area contributed by atoms with Gasteiger partial charge in [0.2, 0.25) is 0 Å². The van der Waals surface area contributed by atoms with Gasteiger partial charge in [0.15, 0.2) is 0 Å². The molecule has 2 heterocycles. The minimum atomic E-state index is -0.201. The van der Waals surface area contributed by atoms with Crippen LogP contribution in [0.5, 0.6) is 0 Å². The van der Waals surface area contributed by atoms with Gasteiger partial charge in [-0.25, -0.2) is 4.98 Å². The Morgan fingerprint density at radius 1 is 0.966 bits per heavy atom. The molecule has 1 amide bonds. The molecule has 4 rings (SSSR count). The lowest BCUT2D eigenvalue weighted by molar-refractivity contribution is 0.102. The van der Waals surface area contributed by atoms with Crippen LogP contribution in [0.1, 0.15) is 30.3 Å². The highest BCUT2D eigenvalue weighted by molar-refractivity contribution is 6.03. The maximum atomic E-state index is 12.6. The third-order valence-electron chi connectivity index (χ3n) is 5.27. The first-order valence-electron chi connectivity index (χ1n) is 10.2. The first-order valence-corrected chi connectivity index (χ1v) is 10.2. The average Bonchev–Trinajstić information content (AvgIpc) is 3.31. The molecule has 1 aliphatic heterocycles. The molecule has 0 atom stereocenters. The standard InChI is InChI=1S/C24H26N4O/c1-2-28(21-8-4-3-5-9-21)22-14-15-23(25-18-22)24(29)26-19-10-12-20(13-11-19)27-16-6-7-17-27/h3-5,8-15,18H,2,6-7,16-17H2,1H3,(H,26,29). The number of benzene rings is 2. The van der Waals surface area contributed by atoms with Crippen LogP contribution in [0.2, 0.25) is 0 Å². The van der Waals surface area contributed by atoms with E-state index in [9.17, 15) is 4.79 Å². The second-order valence-electron chi connectivity index (χ2n) is 7.18. The van der Waals surface area contributed by atoms with Gasteiger partial charge in [-0.3, -0.25) is 4.79 Å². The lowest BCUT2D eigenvalue weighted by Gasteiger charge is -2.23. The molecule has 1 saturated heterocycles. The quantitative estimate of drug-likeness (QED) is 0.641. The molecule has 5 nitrogen and oxygen atoms in total. The highest BCUT2D eigenvalue weighted by Crippen LogP contribution is 2.25. The van der Waals surface area contributed by atoms with Gasteiger partial charge in [-0.15, -0.1) is 0 Å². The van der Waals surface area contributed by atoms with E-state index in [2.05, 4.69) is 51.3 Å². The van der Waals surface area contributed by atoms with Gasteiger partial charge in [0.05, 0.1) is 11.9 Å². The van der Waals surface area contributed by atoms with Crippen molar-refractivity contribution < 1.29 is 4.79 Å². The van der Waals surface area contributed by atoms with Crippen molar-refractivity contribution in [2.45, 2.75) is 19.8 Å². The Bertz CT molecular complexity index is 933. The Labute approximate surface area is 172 Å². The Balaban J connectivity index is 1.42. The molecule has 1 N–H and O–H groups in total. The van der Waals surface area contributed by atoms with Crippen LogP contribution in [-0.4, -0.2) is 30.5 Å². The van der Waals surface area contributed by atoms with Gasteiger partial charge in [-0.05, 0) is 68.3 Å². The number of hydrogen-bond acceptors (Lipinski definition) is 4. The van der Waals surface area contributed by atoms with Crippen molar-refractivity contribution >= 4 is 28.7 Å². The fourth-order valence-corrected chi connectivity index (χ4v) is 3.73. The monoisotopic (exact) mass is 386 g/mol. The molecule has 0 saturated carbocycles. The summed E-state index contributed by atoms with van der Waals surface area (Å²) in [5.74, 6) is -0.201. The first kappa shape index (κ1) is 19.0. The molecule has 2 aromatic carbocycles. The number of pyridine rings is 1. The van der Waals surface area contributed by atoms with E-state index in [-0.39, 0.29) is 5.91 Å². The molecular weight excluding hydrogens is 360 g/mol. The minimum Gasteiger partial charge on any atom is -0.372 e. The molecule has 0 spiro atoms. The molecule has 1 fully saturated rings. The molecule has 148 valence electrons. The van der Waals surface area contributed by atoms with Crippen molar-refractivity contribution in [3.05, 3.63) is 78.6 Å². The Morgan fingerprint density at radius 3 is 2.31 bits per heavy atom. The summed E-state index contributed by atoms with van der Waals surface area (Å²) in [6.45, 7) is 5.14. The number of amides is 1. The number of rotatable bonds is 6. The van der Waals surface area contributed by atoms with Gasteiger partial charge < -0.3 is 15.1 Å². The van der Waals surface area contributed by atoms with E-state index in [0.29, 0.717) is 5.69 Å². The zero-order chi connectivity index (χ0) is 20.1. The summed E-state index contributed by atoms with van der Waals surface area (Å²) in [6.07, 6.45) is 4.25. The van der Waals surface area contributed by atoms with Gasteiger partial charge in [0.25, 0.3) is 5.91 Å². The number of carbonyl (C=O) groups is 1. The van der Waals surface area contributed by atoms with E-state index in [0.717, 1.165) is 36.7 Å². The highest BCUT2D eigenvalue weighted by atomic mass is 16.1. The van der Waals surface area contributed by atoms with Crippen molar-refractivity contribution in [2.75, 3.05) is 34.8 Å². The highest BCUT2D eigenvalue weighted by Gasteiger charge is 2.13. The van der Waals surface area contributed by atoms with Crippen LogP contribution in [0.25, 0.3) is 0 Å². The Kier molecular flexibility index (Phi) is 5.75. The molecular formula is C24H26N4O. The number of nitrogens with zero attached hydrogens (tertiary/aromatic N) is 3. The van der Waals surface area contributed by atoms with Crippen molar-refractivity contribution in [3.63, 3.8) is 0 Å². The SMILES string of the molecule is CCN(c1ccccc1)c1ccc(C(=O)Nc2ccc(N3CCCC3)cc2)nc1. The van der Waals surface area contributed by atoms with Crippen LogP contribution in [0, 0.1) is 0 Å². The smallest absolute Gasteiger partial charge is 0.274 e. The summed E-state index contributed by atoms with van der Waals surface area (Å²) >= 11 is 0. The summed E-state index contributed by atoms with van der Waals surface area (Å²) in [4.78, 5) is 21.5. The summed E-state index contributed by atoms with van der Waals surface area (Å²) < 4.78 is 0.